The van der Waals surface area contributed by atoms with E-state index in [-0.39, 0.29) is 10.6 Å². The molecule has 2 rings (SSSR count). The van der Waals surface area contributed by atoms with Gasteiger partial charge in [0.1, 0.15) is 10.8 Å². The minimum Gasteiger partial charge on any atom is -0.346 e. The van der Waals surface area contributed by atoms with Crippen molar-refractivity contribution in [1.82, 2.24) is 9.97 Å². The highest BCUT2D eigenvalue weighted by Crippen LogP contribution is 2.20. The molecule has 0 atom stereocenters. The average Bonchev–Trinajstić information content (AvgIpc) is 2.02. The van der Waals surface area contributed by atoms with Crippen molar-refractivity contribution in [3.63, 3.8) is 0 Å². The standard InChI is InChI=1S/C8H4Cl2N2O/c9-4-3-6(10)12-8-7(4)5(13)1-2-11-8/h1-3H,(H,11,12,13). The first-order chi connectivity index (χ1) is 6.18. The molecule has 1 N–H and O–H groups in total. The lowest BCUT2D eigenvalue weighted by molar-refractivity contribution is 1.28. The van der Waals surface area contributed by atoms with Crippen LogP contribution in [0.3, 0.4) is 0 Å². The van der Waals surface area contributed by atoms with E-state index < -0.39 is 0 Å². The van der Waals surface area contributed by atoms with Crippen LogP contribution in [0.4, 0.5) is 0 Å². The molecule has 0 aliphatic heterocycles. The van der Waals surface area contributed by atoms with Gasteiger partial charge in [-0.25, -0.2) is 4.98 Å². The minimum absolute atomic E-state index is 0.164. The summed E-state index contributed by atoms with van der Waals surface area (Å²) in [7, 11) is 0. The van der Waals surface area contributed by atoms with Crippen molar-refractivity contribution in [2.75, 3.05) is 0 Å². The van der Waals surface area contributed by atoms with Gasteiger partial charge in [-0.15, -0.1) is 0 Å². The van der Waals surface area contributed by atoms with Crippen molar-refractivity contribution < 1.29 is 0 Å². The van der Waals surface area contributed by atoms with Crippen molar-refractivity contribution in [1.29, 1.82) is 0 Å². The van der Waals surface area contributed by atoms with Crippen LogP contribution in [-0.4, -0.2) is 9.97 Å². The van der Waals surface area contributed by atoms with Crippen molar-refractivity contribution in [2.45, 2.75) is 0 Å². The van der Waals surface area contributed by atoms with Gasteiger partial charge in [0.25, 0.3) is 0 Å². The van der Waals surface area contributed by atoms with Gasteiger partial charge in [0.15, 0.2) is 5.43 Å². The number of hydrogen-bond donors (Lipinski definition) is 1. The van der Waals surface area contributed by atoms with Crippen LogP contribution >= 0.6 is 23.2 Å². The highest BCUT2D eigenvalue weighted by Gasteiger charge is 2.05. The van der Waals surface area contributed by atoms with Crippen molar-refractivity contribution in [2.24, 2.45) is 0 Å². The fourth-order valence-electron chi connectivity index (χ4n) is 1.10. The highest BCUT2D eigenvalue weighted by molar-refractivity contribution is 6.37. The van der Waals surface area contributed by atoms with Gasteiger partial charge < -0.3 is 4.98 Å². The van der Waals surface area contributed by atoms with Crippen LogP contribution < -0.4 is 5.43 Å². The van der Waals surface area contributed by atoms with E-state index in [1.165, 1.54) is 18.3 Å². The molecule has 13 heavy (non-hydrogen) atoms. The first-order valence-electron chi connectivity index (χ1n) is 3.52. The lowest BCUT2D eigenvalue weighted by Crippen LogP contribution is -2.02. The topological polar surface area (TPSA) is 45.8 Å². The summed E-state index contributed by atoms with van der Waals surface area (Å²) in [5.74, 6) is 0. The molecule has 0 unspecified atom stereocenters. The Morgan fingerprint density at radius 1 is 1.38 bits per heavy atom. The first kappa shape index (κ1) is 8.53. The maximum atomic E-state index is 11.3. The number of H-pyrrole nitrogens is 1. The van der Waals surface area contributed by atoms with Gasteiger partial charge in [0, 0.05) is 12.3 Å². The normalized spacial score (nSPS) is 10.6. The predicted molar refractivity (Wildman–Crippen MR) is 52.4 cm³/mol. The fraction of sp³-hybridized carbons (Fsp3) is 0. The molecular weight excluding hydrogens is 211 g/mol. The number of nitrogens with one attached hydrogen (secondary N) is 1. The molecule has 5 heteroatoms. The molecule has 0 bridgehead atoms. The Labute approximate surface area is 83.3 Å². The SMILES string of the molecule is O=c1cc[nH]c2nc(Cl)cc(Cl)c12. The smallest absolute Gasteiger partial charge is 0.192 e. The molecule has 0 fully saturated rings. The molecule has 0 aliphatic carbocycles. The number of nitrogens with zero attached hydrogens (tertiary/aromatic N) is 1. The van der Waals surface area contributed by atoms with Gasteiger partial charge in [-0.3, -0.25) is 4.79 Å². The fourth-order valence-corrected chi connectivity index (χ4v) is 1.64. The van der Waals surface area contributed by atoms with Crippen LogP contribution in [0.2, 0.25) is 10.2 Å². The van der Waals surface area contributed by atoms with Gasteiger partial charge >= 0.3 is 0 Å². The molecule has 3 nitrogen and oxygen atoms in total. The van der Waals surface area contributed by atoms with Crippen molar-refractivity contribution in [3.05, 3.63) is 38.7 Å². The maximum Gasteiger partial charge on any atom is 0.192 e. The minimum atomic E-state index is -0.164. The Kier molecular flexibility index (Phi) is 1.98. The highest BCUT2D eigenvalue weighted by atomic mass is 35.5. The van der Waals surface area contributed by atoms with E-state index in [1.807, 2.05) is 0 Å². The Bertz CT molecular complexity index is 521. The molecule has 0 aromatic carbocycles. The first-order valence-corrected chi connectivity index (χ1v) is 4.27. The van der Waals surface area contributed by atoms with Crippen molar-refractivity contribution >= 4 is 34.2 Å². The number of pyridine rings is 2. The predicted octanol–water partition coefficient (Wildman–Crippen LogP) is 2.23. The summed E-state index contributed by atoms with van der Waals surface area (Å²) in [4.78, 5) is 18.0. The zero-order valence-electron chi connectivity index (χ0n) is 6.34. The molecule has 2 aromatic rings. The molecule has 0 aliphatic rings. The summed E-state index contributed by atoms with van der Waals surface area (Å²) >= 11 is 11.5. The third-order valence-corrected chi connectivity index (χ3v) is 2.13. The van der Waals surface area contributed by atoms with Gasteiger partial charge in [-0.05, 0) is 6.07 Å². The molecule has 0 amide bonds. The number of aromatic amines is 1. The second kappa shape index (κ2) is 3.01. The number of rotatable bonds is 0. The molecule has 66 valence electrons. The van der Waals surface area contributed by atoms with E-state index in [0.29, 0.717) is 16.1 Å². The maximum absolute atomic E-state index is 11.3. The lowest BCUT2D eigenvalue weighted by atomic mass is 10.3. The zero-order chi connectivity index (χ0) is 9.42. The molecular formula is C8H4Cl2N2O. The summed E-state index contributed by atoms with van der Waals surface area (Å²) in [6.07, 6.45) is 1.50. The molecule has 2 aromatic heterocycles. The van der Waals surface area contributed by atoms with Crippen LogP contribution in [-0.2, 0) is 0 Å². The van der Waals surface area contributed by atoms with Gasteiger partial charge in [0.05, 0.1) is 10.4 Å². The van der Waals surface area contributed by atoms with Crippen LogP contribution in [0.1, 0.15) is 0 Å². The second-order valence-corrected chi connectivity index (χ2v) is 3.29. The van der Waals surface area contributed by atoms with E-state index in [4.69, 9.17) is 23.2 Å². The number of hydrogen-bond acceptors (Lipinski definition) is 2. The summed E-state index contributed by atoms with van der Waals surface area (Å²) in [6, 6.07) is 2.84. The summed E-state index contributed by atoms with van der Waals surface area (Å²) < 4.78 is 0. The number of fused-ring (bicyclic) bond motifs is 1. The van der Waals surface area contributed by atoms with Crippen LogP contribution in [0.5, 0.6) is 0 Å². The van der Waals surface area contributed by atoms with E-state index in [9.17, 15) is 4.79 Å². The largest absolute Gasteiger partial charge is 0.346 e. The Morgan fingerprint density at radius 2 is 2.15 bits per heavy atom. The van der Waals surface area contributed by atoms with Crippen LogP contribution in [0.15, 0.2) is 23.1 Å². The molecule has 2 heterocycles. The monoisotopic (exact) mass is 214 g/mol. The lowest BCUT2D eigenvalue weighted by Gasteiger charge is -1.98. The van der Waals surface area contributed by atoms with Crippen LogP contribution in [0.25, 0.3) is 11.0 Å². The second-order valence-electron chi connectivity index (χ2n) is 2.49. The zero-order valence-corrected chi connectivity index (χ0v) is 7.86. The Hall–Kier alpha value is -1.06. The third-order valence-electron chi connectivity index (χ3n) is 1.64. The summed E-state index contributed by atoms with van der Waals surface area (Å²) in [5, 5.41) is 0.949. The summed E-state index contributed by atoms with van der Waals surface area (Å²) in [6.45, 7) is 0. The Balaban J connectivity index is 3.03. The van der Waals surface area contributed by atoms with Gasteiger partial charge in [-0.2, -0.15) is 0 Å². The van der Waals surface area contributed by atoms with E-state index in [2.05, 4.69) is 9.97 Å². The van der Waals surface area contributed by atoms with Crippen molar-refractivity contribution in [3.8, 4) is 0 Å². The van der Waals surface area contributed by atoms with Crippen LogP contribution in [0, 0.1) is 0 Å². The van der Waals surface area contributed by atoms with E-state index in [0.717, 1.165) is 0 Å². The number of halogens is 2. The Morgan fingerprint density at radius 3 is 2.92 bits per heavy atom. The molecule has 0 radical (unpaired) electrons. The number of aromatic nitrogens is 2. The quantitative estimate of drug-likeness (QED) is 0.685. The van der Waals surface area contributed by atoms with Gasteiger partial charge in [0.2, 0.25) is 0 Å². The molecule has 0 saturated heterocycles. The van der Waals surface area contributed by atoms with E-state index in [1.54, 1.807) is 0 Å². The molecule has 0 saturated carbocycles. The van der Waals surface area contributed by atoms with E-state index >= 15 is 0 Å². The van der Waals surface area contributed by atoms with Gasteiger partial charge in [-0.1, -0.05) is 23.2 Å². The summed E-state index contributed by atoms with van der Waals surface area (Å²) in [5.41, 5.74) is 0.243. The average molecular weight is 215 g/mol. The third kappa shape index (κ3) is 1.41. The molecule has 0 spiro atoms.